The second-order valence-electron chi connectivity index (χ2n) is 8.04. The minimum Gasteiger partial charge on any atom is -0.406 e. The van der Waals surface area contributed by atoms with Crippen molar-refractivity contribution in [3.63, 3.8) is 0 Å². The lowest BCUT2D eigenvalue weighted by Crippen LogP contribution is -2.50. The third-order valence-corrected chi connectivity index (χ3v) is 8.33. The van der Waals surface area contributed by atoms with Crippen LogP contribution in [0.5, 0.6) is 5.75 Å². The van der Waals surface area contributed by atoms with Crippen molar-refractivity contribution in [1.82, 2.24) is 8.61 Å². The predicted molar refractivity (Wildman–Crippen MR) is 103 cm³/mol. The van der Waals surface area contributed by atoms with Crippen LogP contribution in [0.2, 0.25) is 0 Å². The van der Waals surface area contributed by atoms with Crippen LogP contribution in [0.1, 0.15) is 32.1 Å². The van der Waals surface area contributed by atoms with Gasteiger partial charge in [-0.15, -0.1) is 13.2 Å². The Hall–Kier alpha value is -1.85. The fourth-order valence-corrected chi connectivity index (χ4v) is 6.28. The summed E-state index contributed by atoms with van der Waals surface area (Å²) >= 11 is 0. The van der Waals surface area contributed by atoms with Gasteiger partial charge in [0.05, 0.1) is 5.41 Å². The molecule has 0 atom stereocenters. The zero-order chi connectivity index (χ0) is 21.6. The van der Waals surface area contributed by atoms with Gasteiger partial charge in [0.1, 0.15) is 5.75 Å². The first-order valence-electron chi connectivity index (χ1n) is 10.0. The summed E-state index contributed by atoms with van der Waals surface area (Å²) in [6, 6.07) is 5.24. The van der Waals surface area contributed by atoms with Crippen LogP contribution in [0.25, 0.3) is 0 Å². The average Bonchev–Trinajstić information content (AvgIpc) is 3.33. The van der Waals surface area contributed by atoms with Crippen LogP contribution in [0.4, 0.5) is 18.9 Å². The molecule has 0 bridgehead atoms. The van der Waals surface area contributed by atoms with E-state index in [0.717, 1.165) is 12.8 Å². The molecule has 0 aliphatic carbocycles. The highest BCUT2D eigenvalue weighted by Gasteiger charge is 2.50. The third-order valence-electron chi connectivity index (χ3n) is 6.29. The number of nitrogens with zero attached hydrogens (tertiary/aromatic N) is 3. The third kappa shape index (κ3) is 4.02. The highest BCUT2D eigenvalue weighted by atomic mass is 32.2. The largest absolute Gasteiger partial charge is 0.573 e. The number of rotatable bonds is 4. The number of alkyl halides is 3. The molecular formula is C19H24F3N3O4S. The minimum absolute atomic E-state index is 0.0924. The van der Waals surface area contributed by atoms with Gasteiger partial charge in [0.2, 0.25) is 5.91 Å². The summed E-state index contributed by atoms with van der Waals surface area (Å²) in [4.78, 5) is 14.7. The molecule has 3 heterocycles. The summed E-state index contributed by atoms with van der Waals surface area (Å²) < 4.78 is 69.3. The summed E-state index contributed by atoms with van der Waals surface area (Å²) in [7, 11) is -3.47. The molecule has 3 aliphatic rings. The molecule has 30 heavy (non-hydrogen) atoms. The van der Waals surface area contributed by atoms with E-state index in [1.54, 1.807) is 4.90 Å². The molecule has 0 saturated carbocycles. The van der Waals surface area contributed by atoms with Crippen LogP contribution in [-0.2, 0) is 15.0 Å². The van der Waals surface area contributed by atoms with E-state index < -0.39 is 22.0 Å². The maximum Gasteiger partial charge on any atom is 0.573 e. The first kappa shape index (κ1) is 21.4. The van der Waals surface area contributed by atoms with Gasteiger partial charge in [-0.1, -0.05) is 0 Å². The highest BCUT2D eigenvalue weighted by molar-refractivity contribution is 7.86. The molecule has 11 heteroatoms. The summed E-state index contributed by atoms with van der Waals surface area (Å²) in [6.45, 7) is 2.15. The molecule has 0 radical (unpaired) electrons. The molecule has 1 spiro atoms. The van der Waals surface area contributed by atoms with Crippen molar-refractivity contribution in [1.29, 1.82) is 0 Å². The zero-order valence-electron chi connectivity index (χ0n) is 16.4. The monoisotopic (exact) mass is 447 g/mol. The van der Waals surface area contributed by atoms with Gasteiger partial charge in [-0.3, -0.25) is 4.79 Å². The Bertz CT molecular complexity index is 891. The molecule has 4 rings (SSSR count). The van der Waals surface area contributed by atoms with Gasteiger partial charge < -0.3 is 9.64 Å². The lowest BCUT2D eigenvalue weighted by Gasteiger charge is -2.38. The van der Waals surface area contributed by atoms with Crippen molar-refractivity contribution in [3.05, 3.63) is 24.3 Å². The van der Waals surface area contributed by atoms with E-state index in [-0.39, 0.29) is 11.7 Å². The lowest BCUT2D eigenvalue weighted by molar-refractivity contribution is -0.274. The predicted octanol–water partition coefficient (Wildman–Crippen LogP) is 2.74. The second-order valence-corrected chi connectivity index (χ2v) is 9.97. The van der Waals surface area contributed by atoms with Crippen LogP contribution in [0, 0.1) is 5.41 Å². The van der Waals surface area contributed by atoms with E-state index in [4.69, 9.17) is 0 Å². The standard InChI is InChI=1S/C19H24F3N3O4S/c20-19(21,22)29-16-5-3-15(4-6-16)25-14-9-18(17(25)26)7-12-24(13-8-18)30(27,28)23-10-1-2-11-23/h3-6H,1-2,7-14H2. The van der Waals surface area contributed by atoms with Gasteiger partial charge in [0.25, 0.3) is 10.2 Å². The molecule has 0 unspecified atom stereocenters. The van der Waals surface area contributed by atoms with Crippen LogP contribution in [0.3, 0.4) is 0 Å². The minimum atomic E-state index is -4.77. The Labute approximate surface area is 173 Å². The number of halogens is 3. The zero-order valence-corrected chi connectivity index (χ0v) is 17.2. The van der Waals surface area contributed by atoms with Crippen LogP contribution in [0.15, 0.2) is 24.3 Å². The molecule has 0 N–H and O–H groups in total. The molecule has 7 nitrogen and oxygen atoms in total. The molecule has 166 valence electrons. The lowest BCUT2D eigenvalue weighted by atomic mass is 9.77. The Balaban J connectivity index is 1.41. The molecule has 3 fully saturated rings. The summed E-state index contributed by atoms with van der Waals surface area (Å²) in [5.41, 5.74) is -0.100. The van der Waals surface area contributed by atoms with Crippen molar-refractivity contribution in [2.24, 2.45) is 5.41 Å². The fourth-order valence-electron chi connectivity index (χ4n) is 4.59. The molecule has 1 aromatic rings. The number of piperidine rings is 1. The smallest absolute Gasteiger partial charge is 0.406 e. The normalized spacial score (nSPS) is 23.4. The van der Waals surface area contributed by atoms with Crippen molar-refractivity contribution in [2.45, 2.75) is 38.5 Å². The van der Waals surface area contributed by atoms with E-state index in [0.29, 0.717) is 57.7 Å². The van der Waals surface area contributed by atoms with E-state index >= 15 is 0 Å². The Morgan fingerprint density at radius 2 is 1.40 bits per heavy atom. The van der Waals surface area contributed by atoms with Gasteiger partial charge >= 0.3 is 6.36 Å². The molecule has 3 saturated heterocycles. The SMILES string of the molecule is O=C1N(c2ccc(OC(F)(F)F)cc2)CCC12CCN(S(=O)(=O)N1CCCC1)CC2. The van der Waals surface area contributed by atoms with Crippen molar-refractivity contribution < 1.29 is 31.1 Å². The maximum atomic E-state index is 13.1. The van der Waals surface area contributed by atoms with Gasteiger partial charge in [-0.05, 0) is 56.4 Å². The van der Waals surface area contributed by atoms with E-state index in [2.05, 4.69) is 4.74 Å². The molecule has 1 amide bonds. The van der Waals surface area contributed by atoms with Crippen LogP contribution < -0.4 is 9.64 Å². The average molecular weight is 447 g/mol. The first-order valence-corrected chi connectivity index (χ1v) is 11.4. The number of amides is 1. The summed E-state index contributed by atoms with van der Waals surface area (Å²) in [6.07, 6.45) is -1.52. The number of hydrogen-bond acceptors (Lipinski definition) is 4. The van der Waals surface area contributed by atoms with Gasteiger partial charge in [0, 0.05) is 38.4 Å². The van der Waals surface area contributed by atoms with Crippen molar-refractivity contribution in [2.75, 3.05) is 37.6 Å². The summed E-state index contributed by atoms with van der Waals surface area (Å²) in [5, 5.41) is 0. The van der Waals surface area contributed by atoms with Crippen LogP contribution in [-0.4, -0.2) is 62.0 Å². The van der Waals surface area contributed by atoms with Gasteiger partial charge in [-0.2, -0.15) is 17.0 Å². The second kappa shape index (κ2) is 7.69. The number of hydrogen-bond donors (Lipinski definition) is 0. The van der Waals surface area contributed by atoms with Crippen molar-refractivity contribution >= 4 is 21.8 Å². The number of carbonyl (C=O) groups excluding carboxylic acids is 1. The number of carbonyl (C=O) groups is 1. The quantitative estimate of drug-likeness (QED) is 0.712. The summed E-state index contributed by atoms with van der Waals surface area (Å²) in [5.74, 6) is -0.432. The van der Waals surface area contributed by atoms with E-state index in [1.165, 1.54) is 32.9 Å². The Morgan fingerprint density at radius 3 is 1.97 bits per heavy atom. The van der Waals surface area contributed by atoms with E-state index in [1.807, 2.05) is 0 Å². The molecule has 0 aromatic heterocycles. The highest BCUT2D eigenvalue weighted by Crippen LogP contribution is 2.44. The Kier molecular flexibility index (Phi) is 5.48. The van der Waals surface area contributed by atoms with Gasteiger partial charge in [0.15, 0.2) is 0 Å². The van der Waals surface area contributed by atoms with Gasteiger partial charge in [-0.25, -0.2) is 0 Å². The fraction of sp³-hybridized carbons (Fsp3) is 0.632. The number of anilines is 1. The first-order chi connectivity index (χ1) is 14.1. The maximum absolute atomic E-state index is 13.1. The molecular weight excluding hydrogens is 423 g/mol. The number of ether oxygens (including phenoxy) is 1. The van der Waals surface area contributed by atoms with Crippen LogP contribution >= 0.6 is 0 Å². The number of benzene rings is 1. The van der Waals surface area contributed by atoms with E-state index in [9.17, 15) is 26.4 Å². The Morgan fingerprint density at radius 1 is 0.867 bits per heavy atom. The van der Waals surface area contributed by atoms with Crippen molar-refractivity contribution in [3.8, 4) is 5.75 Å². The topological polar surface area (TPSA) is 70.2 Å². The molecule has 1 aromatic carbocycles. The molecule has 3 aliphatic heterocycles.